The number of hydrogen-bond donors (Lipinski definition) is 0. The molecule has 128 valence electrons. The van der Waals surface area contributed by atoms with Gasteiger partial charge in [-0.3, -0.25) is 9.80 Å². The van der Waals surface area contributed by atoms with Crippen LogP contribution in [-0.2, 0) is 11.3 Å². The van der Waals surface area contributed by atoms with E-state index in [1.54, 1.807) is 11.3 Å². The van der Waals surface area contributed by atoms with Crippen LogP contribution in [0.25, 0.3) is 0 Å². The van der Waals surface area contributed by atoms with Crippen molar-refractivity contribution in [3.63, 3.8) is 0 Å². The minimum atomic E-state index is 0.433. The lowest BCUT2D eigenvalue weighted by Crippen LogP contribution is -2.72. The first kappa shape index (κ1) is 16.0. The van der Waals surface area contributed by atoms with E-state index in [0.717, 1.165) is 25.0 Å². The summed E-state index contributed by atoms with van der Waals surface area (Å²) in [5.74, 6) is 1.74. The minimum absolute atomic E-state index is 0.433. The van der Waals surface area contributed by atoms with E-state index in [1.807, 2.05) is 12.6 Å². The van der Waals surface area contributed by atoms with E-state index < -0.39 is 0 Å². The second-order valence-electron chi connectivity index (χ2n) is 7.93. The quantitative estimate of drug-likeness (QED) is 0.799. The Labute approximate surface area is 143 Å². The number of rotatable bonds is 6. The molecule has 3 heterocycles. The number of methoxy groups -OCH3 is 1. The molecule has 1 aromatic rings. The summed E-state index contributed by atoms with van der Waals surface area (Å²) in [5, 5.41) is 0. The topological polar surface area (TPSA) is 28.6 Å². The Kier molecular flexibility index (Phi) is 4.47. The van der Waals surface area contributed by atoms with Crippen LogP contribution in [0, 0.1) is 18.8 Å². The van der Waals surface area contributed by atoms with Gasteiger partial charge in [-0.15, -0.1) is 11.3 Å². The molecule has 3 fully saturated rings. The summed E-state index contributed by atoms with van der Waals surface area (Å²) in [4.78, 5) is 11.3. The van der Waals surface area contributed by atoms with Gasteiger partial charge in [0.2, 0.25) is 0 Å². The highest BCUT2D eigenvalue weighted by Gasteiger charge is 2.51. The number of likely N-dealkylation sites (tertiary alicyclic amines) is 2. The van der Waals surface area contributed by atoms with Crippen molar-refractivity contribution in [2.75, 3.05) is 39.9 Å². The van der Waals surface area contributed by atoms with E-state index in [-0.39, 0.29) is 0 Å². The predicted molar refractivity (Wildman–Crippen MR) is 93.8 cm³/mol. The monoisotopic (exact) mass is 335 g/mol. The van der Waals surface area contributed by atoms with Crippen LogP contribution in [0.1, 0.15) is 36.3 Å². The third-order valence-corrected chi connectivity index (χ3v) is 6.89. The third kappa shape index (κ3) is 3.34. The number of ether oxygens (including phenoxy) is 1. The lowest BCUT2D eigenvalue weighted by Gasteiger charge is -2.60. The van der Waals surface area contributed by atoms with Crippen LogP contribution < -0.4 is 0 Å². The molecule has 0 radical (unpaired) electrons. The Morgan fingerprint density at radius 1 is 1.30 bits per heavy atom. The smallest absolute Gasteiger partial charge is 0.0798 e. The molecule has 0 N–H and O–H groups in total. The van der Waals surface area contributed by atoms with E-state index >= 15 is 0 Å². The lowest BCUT2D eigenvalue weighted by molar-refractivity contribution is -0.104. The highest BCUT2D eigenvalue weighted by molar-refractivity contribution is 7.09. The highest BCUT2D eigenvalue weighted by atomic mass is 32.1. The maximum atomic E-state index is 5.46. The lowest BCUT2D eigenvalue weighted by atomic mass is 9.75. The van der Waals surface area contributed by atoms with Crippen LogP contribution in [0.2, 0.25) is 0 Å². The number of aromatic nitrogens is 1. The van der Waals surface area contributed by atoms with Crippen LogP contribution in [0.5, 0.6) is 0 Å². The van der Waals surface area contributed by atoms with Gasteiger partial charge in [-0.25, -0.2) is 4.98 Å². The van der Waals surface area contributed by atoms with E-state index in [2.05, 4.69) is 21.7 Å². The zero-order valence-electron chi connectivity index (χ0n) is 14.5. The zero-order chi connectivity index (χ0) is 15.9. The first-order chi connectivity index (χ1) is 11.2. The fraction of sp³-hybridized carbons (Fsp3) is 0.833. The van der Waals surface area contributed by atoms with Crippen LogP contribution in [0.3, 0.4) is 0 Å². The maximum Gasteiger partial charge on any atom is 0.0798 e. The molecule has 4 nitrogen and oxygen atoms in total. The van der Waals surface area contributed by atoms with Crippen molar-refractivity contribution >= 4 is 11.3 Å². The molecule has 0 amide bonds. The van der Waals surface area contributed by atoms with Gasteiger partial charge in [0, 0.05) is 50.3 Å². The van der Waals surface area contributed by atoms with Crippen molar-refractivity contribution < 1.29 is 4.74 Å². The van der Waals surface area contributed by atoms with Gasteiger partial charge < -0.3 is 4.74 Å². The molecule has 0 unspecified atom stereocenters. The molecule has 2 aliphatic heterocycles. The molecule has 5 heteroatoms. The number of nitrogens with zero attached hydrogens (tertiary/aromatic N) is 3. The summed E-state index contributed by atoms with van der Waals surface area (Å²) < 4.78 is 5.46. The van der Waals surface area contributed by atoms with Gasteiger partial charge in [0.15, 0.2) is 0 Å². The minimum Gasteiger partial charge on any atom is -0.384 e. The maximum absolute atomic E-state index is 5.46. The number of aryl methyl sites for hydroxylation is 1. The molecular formula is C18H29N3OS. The summed E-state index contributed by atoms with van der Waals surface area (Å²) in [6.45, 7) is 9.24. The number of hydrogen-bond acceptors (Lipinski definition) is 5. The molecule has 4 rings (SSSR count). The average molecular weight is 336 g/mol. The van der Waals surface area contributed by atoms with Crippen LogP contribution in [0.15, 0.2) is 5.51 Å². The van der Waals surface area contributed by atoms with Crippen LogP contribution >= 0.6 is 11.3 Å². The Balaban J connectivity index is 1.40. The standard InChI is InChI=1S/C18H29N3OS/c1-14-17(23-13-19-14)9-20-11-18(12-20)7-16(10-22-2)5-6-21(18)8-15-3-4-15/h13,15-16H,3-12H2,1-2H3/t16-/m1/s1. The van der Waals surface area contributed by atoms with Gasteiger partial charge in [-0.05, 0) is 51.0 Å². The summed E-state index contributed by atoms with van der Waals surface area (Å²) in [6, 6.07) is 0. The van der Waals surface area contributed by atoms with Gasteiger partial charge in [-0.1, -0.05) is 0 Å². The number of piperidine rings is 1. The van der Waals surface area contributed by atoms with Crippen molar-refractivity contribution in [2.45, 2.75) is 44.7 Å². The first-order valence-electron chi connectivity index (χ1n) is 9.04. The Morgan fingerprint density at radius 3 is 2.78 bits per heavy atom. The Hall–Kier alpha value is -0.490. The molecule has 23 heavy (non-hydrogen) atoms. The van der Waals surface area contributed by atoms with Crippen molar-refractivity contribution in [1.82, 2.24) is 14.8 Å². The van der Waals surface area contributed by atoms with Gasteiger partial charge in [-0.2, -0.15) is 0 Å². The van der Waals surface area contributed by atoms with E-state index in [4.69, 9.17) is 4.74 Å². The Morgan fingerprint density at radius 2 is 2.13 bits per heavy atom. The highest BCUT2D eigenvalue weighted by Crippen LogP contribution is 2.42. The summed E-state index contributed by atoms with van der Waals surface area (Å²) >= 11 is 1.81. The summed E-state index contributed by atoms with van der Waals surface area (Å²) in [6.07, 6.45) is 5.55. The molecule has 1 spiro atoms. The van der Waals surface area contributed by atoms with Gasteiger partial charge in [0.1, 0.15) is 0 Å². The molecule has 3 aliphatic rings. The van der Waals surface area contributed by atoms with E-state index in [1.165, 1.54) is 62.4 Å². The normalized spacial score (nSPS) is 28.2. The van der Waals surface area contributed by atoms with Crippen LogP contribution in [0.4, 0.5) is 0 Å². The molecular weight excluding hydrogens is 306 g/mol. The molecule has 0 aromatic carbocycles. The molecule has 1 saturated carbocycles. The molecule has 2 saturated heterocycles. The van der Waals surface area contributed by atoms with Crippen molar-refractivity contribution in [3.05, 3.63) is 16.1 Å². The van der Waals surface area contributed by atoms with Gasteiger partial charge in [0.25, 0.3) is 0 Å². The third-order valence-electron chi connectivity index (χ3n) is 5.97. The SMILES string of the molecule is COC[C@@H]1CCN(CC2CC2)C2(C1)CN(Cc1scnc1C)C2. The number of thiazole rings is 1. The summed E-state index contributed by atoms with van der Waals surface area (Å²) in [7, 11) is 1.85. The molecule has 1 aliphatic carbocycles. The summed E-state index contributed by atoms with van der Waals surface area (Å²) in [5.41, 5.74) is 3.63. The zero-order valence-corrected chi connectivity index (χ0v) is 15.3. The molecule has 1 aromatic heterocycles. The van der Waals surface area contributed by atoms with Crippen molar-refractivity contribution in [1.29, 1.82) is 0 Å². The predicted octanol–water partition coefficient (Wildman–Crippen LogP) is 2.77. The largest absolute Gasteiger partial charge is 0.384 e. The van der Waals surface area contributed by atoms with Crippen molar-refractivity contribution in [2.24, 2.45) is 11.8 Å². The second kappa shape index (κ2) is 6.43. The van der Waals surface area contributed by atoms with E-state index in [0.29, 0.717) is 5.54 Å². The fourth-order valence-electron chi connectivity index (χ4n) is 4.53. The molecule has 1 atom stereocenters. The van der Waals surface area contributed by atoms with E-state index in [9.17, 15) is 0 Å². The van der Waals surface area contributed by atoms with Crippen LogP contribution in [-0.4, -0.2) is 60.2 Å². The Bertz CT molecular complexity index is 536. The van der Waals surface area contributed by atoms with Crippen molar-refractivity contribution in [3.8, 4) is 0 Å². The van der Waals surface area contributed by atoms with Gasteiger partial charge in [0.05, 0.1) is 11.2 Å². The first-order valence-corrected chi connectivity index (χ1v) is 9.92. The van der Waals surface area contributed by atoms with Gasteiger partial charge >= 0.3 is 0 Å². The fourth-order valence-corrected chi connectivity index (χ4v) is 5.35. The second-order valence-corrected chi connectivity index (χ2v) is 8.87. The average Bonchev–Trinajstić information content (AvgIpc) is 3.23. The molecule has 0 bridgehead atoms.